The molecule has 0 aliphatic heterocycles. The Bertz CT molecular complexity index is 819. The maximum absolute atomic E-state index is 12.9. The van der Waals surface area contributed by atoms with E-state index in [0.29, 0.717) is 21.6 Å². The number of carbonyl (C=O) groups is 1. The zero-order valence-corrected chi connectivity index (χ0v) is 15.0. The molecule has 3 saturated carbocycles. The van der Waals surface area contributed by atoms with Crippen molar-refractivity contribution in [2.24, 2.45) is 11.8 Å². The summed E-state index contributed by atoms with van der Waals surface area (Å²) in [5.74, 6) is 0.0133. The van der Waals surface area contributed by atoms with Crippen LogP contribution in [0.2, 0.25) is 0 Å². The molecule has 140 valence electrons. The summed E-state index contributed by atoms with van der Waals surface area (Å²) in [6.07, 6.45) is 1.31. The number of amides is 1. The maximum atomic E-state index is 12.9. The third kappa shape index (κ3) is 3.15. The number of aromatic nitrogens is 1. The van der Waals surface area contributed by atoms with Crippen LogP contribution in [0.1, 0.15) is 53.1 Å². The summed E-state index contributed by atoms with van der Waals surface area (Å²) in [6.45, 7) is 1.33. The fourth-order valence-electron chi connectivity index (χ4n) is 4.21. The van der Waals surface area contributed by atoms with Gasteiger partial charge in [0.05, 0.1) is 9.75 Å². The van der Waals surface area contributed by atoms with Crippen LogP contribution in [-0.4, -0.2) is 17.1 Å². The lowest BCUT2D eigenvalue weighted by molar-refractivity contribution is -0.156. The summed E-state index contributed by atoms with van der Waals surface area (Å²) in [5.41, 5.74) is 0.0778. The van der Waals surface area contributed by atoms with Crippen molar-refractivity contribution in [3.63, 3.8) is 0 Å². The Morgan fingerprint density at radius 2 is 2.00 bits per heavy atom. The van der Waals surface area contributed by atoms with Crippen LogP contribution in [0.3, 0.4) is 0 Å². The second-order valence-electron chi connectivity index (χ2n) is 7.24. The number of nitrogens with zero attached hydrogens (tertiary/aromatic N) is 1. The highest BCUT2D eigenvalue weighted by atomic mass is 32.1. The molecule has 3 aliphatic rings. The molecule has 1 amide bonds. The molecule has 8 heteroatoms. The van der Waals surface area contributed by atoms with Crippen LogP contribution in [0.5, 0.6) is 0 Å². The second kappa shape index (κ2) is 6.40. The van der Waals surface area contributed by atoms with Gasteiger partial charge >= 0.3 is 6.18 Å². The third-order valence-corrected chi connectivity index (χ3v) is 6.70. The Morgan fingerprint density at radius 1 is 1.27 bits per heavy atom. The van der Waals surface area contributed by atoms with Crippen LogP contribution in [0.25, 0.3) is 10.6 Å². The van der Waals surface area contributed by atoms with E-state index in [1.807, 2.05) is 0 Å². The third-order valence-electron chi connectivity index (χ3n) is 5.61. The van der Waals surface area contributed by atoms with Gasteiger partial charge in [0.15, 0.2) is 0 Å². The van der Waals surface area contributed by atoms with Crippen LogP contribution in [0.4, 0.5) is 13.2 Å². The van der Waals surface area contributed by atoms with E-state index in [2.05, 4.69) is 15.0 Å². The highest BCUT2D eigenvalue weighted by molar-refractivity contribution is 7.17. The van der Waals surface area contributed by atoms with Crippen molar-refractivity contribution >= 4 is 17.2 Å². The molecule has 0 aromatic carbocycles. The zero-order chi connectivity index (χ0) is 18.5. The predicted octanol–water partition coefficient (Wildman–Crippen LogP) is 5.04. The van der Waals surface area contributed by atoms with Crippen molar-refractivity contribution in [1.82, 2.24) is 10.5 Å². The SMILES string of the molecule is Cc1c(-c2ccc(C(=O)N[C@@H]3CC4CCC3CC4)s2)noc1C(F)(F)F. The Balaban J connectivity index is 1.50. The molecular weight excluding hydrogens is 365 g/mol. The molecule has 1 atom stereocenters. The molecule has 2 aromatic heterocycles. The summed E-state index contributed by atoms with van der Waals surface area (Å²) in [6, 6.07) is 3.47. The van der Waals surface area contributed by atoms with Crippen LogP contribution < -0.4 is 5.32 Å². The summed E-state index contributed by atoms with van der Waals surface area (Å²) in [5, 5.41) is 6.68. The smallest absolute Gasteiger partial charge is 0.351 e. The molecular formula is C18H19F3N2O2S. The summed E-state index contributed by atoms with van der Waals surface area (Å²) >= 11 is 1.14. The fraction of sp³-hybridized carbons (Fsp3) is 0.556. The van der Waals surface area contributed by atoms with E-state index in [1.165, 1.54) is 32.6 Å². The lowest BCUT2D eigenvalue weighted by Gasteiger charge is -2.42. The van der Waals surface area contributed by atoms with Crippen LogP contribution in [0, 0.1) is 18.8 Å². The average molecular weight is 384 g/mol. The monoisotopic (exact) mass is 384 g/mol. The van der Waals surface area contributed by atoms with Crippen LogP contribution in [0.15, 0.2) is 16.7 Å². The minimum absolute atomic E-state index is 0.0594. The quantitative estimate of drug-likeness (QED) is 0.807. The highest BCUT2D eigenvalue weighted by Crippen LogP contribution is 2.42. The first-order valence-electron chi connectivity index (χ1n) is 8.77. The topological polar surface area (TPSA) is 55.1 Å². The van der Waals surface area contributed by atoms with Crippen molar-refractivity contribution < 1.29 is 22.5 Å². The lowest BCUT2D eigenvalue weighted by Crippen LogP contribution is -2.46. The molecule has 0 unspecified atom stereocenters. The van der Waals surface area contributed by atoms with Crippen molar-refractivity contribution in [1.29, 1.82) is 0 Å². The Kier molecular flexibility index (Phi) is 4.33. The number of rotatable bonds is 3. The predicted molar refractivity (Wildman–Crippen MR) is 90.9 cm³/mol. The van der Waals surface area contributed by atoms with Gasteiger partial charge < -0.3 is 9.84 Å². The molecule has 0 saturated heterocycles. The number of carbonyl (C=O) groups excluding carboxylic acids is 1. The largest absolute Gasteiger partial charge is 0.452 e. The number of halogens is 3. The van der Waals surface area contributed by atoms with Crippen LogP contribution in [-0.2, 0) is 6.18 Å². The molecule has 2 heterocycles. The number of fused-ring (bicyclic) bond motifs is 3. The molecule has 3 aliphatic carbocycles. The van der Waals surface area contributed by atoms with Crippen molar-refractivity contribution in [2.45, 2.75) is 51.2 Å². The molecule has 3 fully saturated rings. The van der Waals surface area contributed by atoms with Gasteiger partial charge in [-0.2, -0.15) is 13.2 Å². The van der Waals surface area contributed by atoms with Crippen molar-refractivity contribution in [3.8, 4) is 10.6 Å². The number of hydrogen-bond donors (Lipinski definition) is 1. The van der Waals surface area contributed by atoms with E-state index in [1.54, 1.807) is 12.1 Å². The number of alkyl halides is 3. The average Bonchev–Trinajstić information content (AvgIpc) is 3.22. The molecule has 0 spiro atoms. The Labute approximate surface area is 152 Å². The molecule has 26 heavy (non-hydrogen) atoms. The van der Waals surface area contributed by atoms with E-state index in [4.69, 9.17) is 0 Å². The molecule has 4 nitrogen and oxygen atoms in total. The number of thiophene rings is 1. The second-order valence-corrected chi connectivity index (χ2v) is 8.33. The highest BCUT2D eigenvalue weighted by Gasteiger charge is 2.39. The van der Waals surface area contributed by atoms with Gasteiger partial charge in [-0.1, -0.05) is 18.0 Å². The maximum Gasteiger partial charge on any atom is 0.452 e. The number of nitrogens with one attached hydrogen (secondary N) is 1. The van der Waals surface area contributed by atoms with Gasteiger partial charge in [0.1, 0.15) is 5.69 Å². The molecule has 1 N–H and O–H groups in total. The fourth-order valence-corrected chi connectivity index (χ4v) is 5.16. The van der Waals surface area contributed by atoms with E-state index in [9.17, 15) is 18.0 Å². The van der Waals surface area contributed by atoms with Gasteiger partial charge in [0.2, 0.25) is 5.76 Å². The number of hydrogen-bond acceptors (Lipinski definition) is 4. The zero-order valence-electron chi connectivity index (χ0n) is 14.2. The molecule has 2 bridgehead atoms. The van der Waals surface area contributed by atoms with E-state index >= 15 is 0 Å². The first-order chi connectivity index (χ1) is 12.3. The lowest BCUT2D eigenvalue weighted by atomic mass is 9.68. The van der Waals surface area contributed by atoms with Crippen molar-refractivity contribution in [3.05, 3.63) is 28.3 Å². The first-order valence-corrected chi connectivity index (χ1v) is 9.59. The van der Waals surface area contributed by atoms with Gasteiger partial charge in [-0.05, 0) is 50.2 Å². The minimum Gasteiger partial charge on any atom is -0.351 e. The Hall–Kier alpha value is -1.83. The van der Waals surface area contributed by atoms with Gasteiger partial charge in [-0.3, -0.25) is 4.79 Å². The van der Waals surface area contributed by atoms with Gasteiger partial charge in [0.25, 0.3) is 5.91 Å². The molecule has 5 rings (SSSR count). The standard InChI is InChI=1S/C18H19F3N2O2S/c1-9-15(23-25-16(9)18(19,20)21)13-6-7-14(26-13)17(24)22-12-8-10-2-4-11(12)5-3-10/h6-7,10-12H,2-5,8H2,1H3,(H,22,24)/t10?,11?,12-/m1/s1. The van der Waals surface area contributed by atoms with E-state index < -0.39 is 11.9 Å². The van der Waals surface area contributed by atoms with E-state index in [-0.39, 0.29) is 23.2 Å². The van der Waals surface area contributed by atoms with Gasteiger partial charge in [-0.25, -0.2) is 0 Å². The van der Waals surface area contributed by atoms with E-state index in [0.717, 1.165) is 17.8 Å². The normalized spacial score (nSPS) is 25.5. The van der Waals surface area contributed by atoms with Gasteiger partial charge in [-0.15, -0.1) is 11.3 Å². The van der Waals surface area contributed by atoms with Gasteiger partial charge in [0, 0.05) is 11.6 Å². The minimum atomic E-state index is -4.58. The molecule has 0 radical (unpaired) electrons. The molecule has 2 aromatic rings. The first kappa shape index (κ1) is 17.6. The summed E-state index contributed by atoms with van der Waals surface area (Å²) in [4.78, 5) is 13.5. The Morgan fingerprint density at radius 3 is 2.58 bits per heavy atom. The van der Waals surface area contributed by atoms with Crippen LogP contribution >= 0.6 is 11.3 Å². The summed E-state index contributed by atoms with van der Waals surface area (Å²) < 4.78 is 43.0. The summed E-state index contributed by atoms with van der Waals surface area (Å²) in [7, 11) is 0. The van der Waals surface area contributed by atoms with Crippen molar-refractivity contribution in [2.75, 3.05) is 0 Å².